The van der Waals surface area contributed by atoms with Crippen LogP contribution < -0.4 is 0 Å². The second-order valence-corrected chi connectivity index (χ2v) is 14.4. The van der Waals surface area contributed by atoms with E-state index in [0.717, 1.165) is 27.8 Å². The molecule has 0 bridgehead atoms. The van der Waals surface area contributed by atoms with E-state index in [-0.39, 0.29) is 0 Å². The summed E-state index contributed by atoms with van der Waals surface area (Å²) in [4.78, 5) is 14.9. The van der Waals surface area contributed by atoms with Crippen LogP contribution in [0.5, 0.6) is 0 Å². The monoisotopic (exact) mass is 711 g/mol. The van der Waals surface area contributed by atoms with Crippen molar-refractivity contribution in [3.05, 3.63) is 200 Å². The van der Waals surface area contributed by atoms with Crippen molar-refractivity contribution in [3.63, 3.8) is 0 Å². The fourth-order valence-corrected chi connectivity index (χ4v) is 8.38. The zero-order valence-corrected chi connectivity index (χ0v) is 30.4. The van der Waals surface area contributed by atoms with Crippen molar-refractivity contribution >= 4 is 21.5 Å². The highest BCUT2D eigenvalue weighted by Gasteiger charge is 2.22. The lowest BCUT2D eigenvalue weighted by atomic mass is 9.91. The van der Waals surface area contributed by atoms with Crippen molar-refractivity contribution in [3.8, 4) is 89.8 Å². The maximum absolute atomic E-state index is 5.02. The van der Waals surface area contributed by atoms with Gasteiger partial charge in [-0.1, -0.05) is 182 Å². The van der Waals surface area contributed by atoms with Crippen molar-refractivity contribution in [2.24, 2.45) is 0 Å². The molecule has 0 saturated heterocycles. The molecule has 1 aliphatic rings. The van der Waals surface area contributed by atoms with Gasteiger partial charge in [-0.05, 0) is 95.4 Å². The molecule has 0 amide bonds. The molecule has 11 rings (SSSR count). The van der Waals surface area contributed by atoms with E-state index in [1.54, 1.807) is 0 Å². The van der Waals surface area contributed by atoms with Gasteiger partial charge in [0.15, 0.2) is 17.5 Å². The zero-order chi connectivity index (χ0) is 37.0. The largest absolute Gasteiger partial charge is 0.208 e. The second kappa shape index (κ2) is 13.1. The van der Waals surface area contributed by atoms with Gasteiger partial charge in [-0.25, -0.2) is 15.0 Å². The van der Waals surface area contributed by atoms with Gasteiger partial charge < -0.3 is 0 Å². The highest BCUT2D eigenvalue weighted by Crippen LogP contribution is 2.49. The van der Waals surface area contributed by atoms with Gasteiger partial charge in [-0.15, -0.1) is 0 Å². The smallest absolute Gasteiger partial charge is 0.164 e. The molecule has 0 unspecified atom stereocenters. The lowest BCUT2D eigenvalue weighted by Crippen LogP contribution is -2.00. The van der Waals surface area contributed by atoms with Gasteiger partial charge >= 0.3 is 0 Å². The Labute approximate surface area is 325 Å². The third kappa shape index (κ3) is 5.40. The lowest BCUT2D eigenvalue weighted by Gasteiger charge is -2.14. The van der Waals surface area contributed by atoms with E-state index >= 15 is 0 Å². The Morgan fingerprint density at radius 3 is 1.45 bits per heavy atom. The standard InChI is InChI=1S/C53H33N3/c1-3-13-36(14-4-1)51-54-52(37-15-5-2-6-16-37)56-53(55-51)40-19-11-18-39(31-40)49-33-41(32-38-17-7-8-20-42(38)49)34-25-27-35(28-26-34)43-29-30-48-45-22-10-9-21-44(45)47-24-12-23-46(43)50(47)48/h1-33H. The summed E-state index contributed by atoms with van der Waals surface area (Å²) in [5, 5.41) is 5.03. The highest BCUT2D eigenvalue weighted by atomic mass is 15.0. The van der Waals surface area contributed by atoms with Crippen LogP contribution in [0.25, 0.3) is 111 Å². The predicted octanol–water partition coefficient (Wildman–Crippen LogP) is 13.8. The summed E-state index contributed by atoms with van der Waals surface area (Å²) in [6, 6.07) is 71.2. The van der Waals surface area contributed by atoms with Crippen LogP contribution in [0.4, 0.5) is 0 Å². The van der Waals surface area contributed by atoms with Crippen molar-refractivity contribution < 1.29 is 0 Å². The quantitative estimate of drug-likeness (QED) is 0.172. The van der Waals surface area contributed by atoms with Gasteiger partial charge in [-0.2, -0.15) is 0 Å². The third-order valence-corrected chi connectivity index (χ3v) is 11.1. The Hall–Kier alpha value is -7.49. The Morgan fingerprint density at radius 2 is 0.732 bits per heavy atom. The number of rotatable bonds is 6. The summed E-state index contributed by atoms with van der Waals surface area (Å²) < 4.78 is 0. The number of fused-ring (bicyclic) bond motifs is 4. The van der Waals surface area contributed by atoms with Crippen molar-refractivity contribution in [2.45, 2.75) is 0 Å². The molecule has 0 radical (unpaired) electrons. The molecular formula is C53H33N3. The first kappa shape index (κ1) is 32.0. The maximum atomic E-state index is 5.02. The molecule has 1 aromatic heterocycles. The van der Waals surface area contributed by atoms with Crippen LogP contribution >= 0.6 is 0 Å². The minimum absolute atomic E-state index is 0.641. The normalized spacial score (nSPS) is 11.6. The van der Waals surface area contributed by atoms with Gasteiger partial charge in [0.25, 0.3) is 0 Å². The molecule has 0 aliphatic heterocycles. The number of hydrogen-bond acceptors (Lipinski definition) is 3. The Balaban J connectivity index is 0.993. The number of nitrogens with zero attached hydrogens (tertiary/aromatic N) is 3. The number of hydrogen-bond donors (Lipinski definition) is 0. The molecule has 10 aromatic rings. The van der Waals surface area contributed by atoms with E-state index in [1.165, 1.54) is 66.1 Å². The van der Waals surface area contributed by atoms with Crippen molar-refractivity contribution in [2.75, 3.05) is 0 Å². The van der Waals surface area contributed by atoms with Crippen molar-refractivity contribution in [1.29, 1.82) is 0 Å². The minimum atomic E-state index is 0.641. The van der Waals surface area contributed by atoms with Crippen LogP contribution in [0.3, 0.4) is 0 Å². The predicted molar refractivity (Wildman–Crippen MR) is 232 cm³/mol. The fourth-order valence-electron chi connectivity index (χ4n) is 8.38. The fraction of sp³-hybridized carbons (Fsp3) is 0. The van der Waals surface area contributed by atoms with Gasteiger partial charge in [0, 0.05) is 16.7 Å². The number of aromatic nitrogens is 3. The summed E-state index contributed by atoms with van der Waals surface area (Å²) in [7, 11) is 0. The summed E-state index contributed by atoms with van der Waals surface area (Å²) in [6.07, 6.45) is 0. The maximum Gasteiger partial charge on any atom is 0.164 e. The summed E-state index contributed by atoms with van der Waals surface area (Å²) in [5.74, 6) is 1.94. The molecule has 0 atom stereocenters. The number of benzene rings is 9. The second-order valence-electron chi connectivity index (χ2n) is 14.4. The van der Waals surface area contributed by atoms with E-state index in [4.69, 9.17) is 15.0 Å². The zero-order valence-electron chi connectivity index (χ0n) is 30.4. The minimum Gasteiger partial charge on any atom is -0.208 e. The van der Waals surface area contributed by atoms with Crippen LogP contribution in [0.1, 0.15) is 0 Å². The average Bonchev–Trinajstić information content (AvgIpc) is 3.61. The van der Waals surface area contributed by atoms with Crippen molar-refractivity contribution in [1.82, 2.24) is 15.0 Å². The van der Waals surface area contributed by atoms with Crippen LogP contribution in [-0.4, -0.2) is 15.0 Å². The van der Waals surface area contributed by atoms with Gasteiger partial charge in [0.2, 0.25) is 0 Å². The molecule has 9 aromatic carbocycles. The summed E-state index contributed by atoms with van der Waals surface area (Å²) in [5.41, 5.74) is 15.2. The van der Waals surface area contributed by atoms with Gasteiger partial charge in [-0.3, -0.25) is 0 Å². The van der Waals surface area contributed by atoms with Crippen LogP contribution in [-0.2, 0) is 0 Å². The molecule has 56 heavy (non-hydrogen) atoms. The Kier molecular flexibility index (Phi) is 7.49. The van der Waals surface area contributed by atoms with Crippen LogP contribution in [0.15, 0.2) is 200 Å². The third-order valence-electron chi connectivity index (χ3n) is 11.1. The molecule has 0 N–H and O–H groups in total. The lowest BCUT2D eigenvalue weighted by molar-refractivity contribution is 1.07. The average molecular weight is 712 g/mol. The Morgan fingerprint density at radius 1 is 0.232 bits per heavy atom. The first-order valence-electron chi connectivity index (χ1n) is 19.0. The van der Waals surface area contributed by atoms with E-state index < -0.39 is 0 Å². The SMILES string of the molecule is c1ccc(-c2nc(-c3ccccc3)nc(-c3cccc(-c4cc(-c5ccc(-c6ccc7c8c(cccc68)-c6ccccc6-7)cc5)cc5ccccc45)c3)n2)cc1. The van der Waals surface area contributed by atoms with E-state index in [0.29, 0.717) is 17.5 Å². The van der Waals surface area contributed by atoms with Gasteiger partial charge in [0.1, 0.15) is 0 Å². The van der Waals surface area contributed by atoms with Crippen LogP contribution in [0.2, 0.25) is 0 Å². The summed E-state index contributed by atoms with van der Waals surface area (Å²) in [6.45, 7) is 0. The molecule has 1 aliphatic carbocycles. The molecule has 0 spiro atoms. The molecule has 0 fully saturated rings. The highest BCUT2D eigenvalue weighted by molar-refractivity contribution is 6.18. The molecule has 3 nitrogen and oxygen atoms in total. The van der Waals surface area contributed by atoms with E-state index in [1.807, 2.05) is 60.7 Å². The molecular weight excluding hydrogens is 679 g/mol. The van der Waals surface area contributed by atoms with E-state index in [9.17, 15) is 0 Å². The topological polar surface area (TPSA) is 38.7 Å². The summed E-state index contributed by atoms with van der Waals surface area (Å²) >= 11 is 0. The first-order chi connectivity index (χ1) is 27.7. The molecule has 260 valence electrons. The first-order valence-corrected chi connectivity index (χ1v) is 19.0. The van der Waals surface area contributed by atoms with Crippen LogP contribution in [0, 0.1) is 0 Å². The molecule has 1 heterocycles. The van der Waals surface area contributed by atoms with E-state index in [2.05, 4.69) is 140 Å². The molecule has 3 heteroatoms. The molecule has 0 saturated carbocycles. The Bertz CT molecular complexity index is 3030. The van der Waals surface area contributed by atoms with Gasteiger partial charge in [0.05, 0.1) is 0 Å².